The maximum absolute atomic E-state index is 6.52. The Bertz CT molecular complexity index is 1040. The molecule has 4 aromatic carbocycles. The van der Waals surface area contributed by atoms with Crippen LogP contribution in [0.1, 0.15) is 0 Å². The zero-order valence-electron chi connectivity index (χ0n) is 14.7. The molecular weight excluding hydrogens is 324 g/mol. The summed E-state index contributed by atoms with van der Waals surface area (Å²) in [6.07, 6.45) is 0. The van der Waals surface area contributed by atoms with E-state index in [0.717, 1.165) is 32.7 Å². The molecule has 0 amide bonds. The van der Waals surface area contributed by atoms with Crippen molar-refractivity contribution in [1.82, 2.24) is 0 Å². The lowest BCUT2D eigenvalue weighted by atomic mass is 9.90. The van der Waals surface area contributed by atoms with E-state index in [9.17, 15) is 0 Å². The highest BCUT2D eigenvalue weighted by Gasteiger charge is 2.20. The van der Waals surface area contributed by atoms with Crippen LogP contribution in [0.5, 0.6) is 11.5 Å². The standard InChI is InChI=1S/C22H20N2O2/c1-25-17-11-13-7-3-5-9-15(13)19(21(17)23)20-16-10-6-4-8-14(16)12-18(26-2)22(20)24/h3-12H,23-24H2,1-2H3. The Morgan fingerprint density at radius 1 is 0.615 bits per heavy atom. The number of hydrogen-bond donors (Lipinski definition) is 2. The van der Waals surface area contributed by atoms with E-state index in [0.29, 0.717) is 22.9 Å². The molecule has 0 saturated carbocycles. The van der Waals surface area contributed by atoms with Gasteiger partial charge in [0.25, 0.3) is 0 Å². The zero-order valence-corrected chi connectivity index (χ0v) is 14.7. The smallest absolute Gasteiger partial charge is 0.143 e. The lowest BCUT2D eigenvalue weighted by Crippen LogP contribution is -2.01. The zero-order chi connectivity index (χ0) is 18.3. The lowest BCUT2D eigenvalue weighted by Gasteiger charge is -2.19. The van der Waals surface area contributed by atoms with Crippen LogP contribution >= 0.6 is 0 Å². The Hall–Kier alpha value is -3.40. The monoisotopic (exact) mass is 344 g/mol. The molecule has 0 aliphatic rings. The first-order valence-corrected chi connectivity index (χ1v) is 8.36. The van der Waals surface area contributed by atoms with Gasteiger partial charge in [-0.15, -0.1) is 0 Å². The maximum Gasteiger partial charge on any atom is 0.143 e. The van der Waals surface area contributed by atoms with Gasteiger partial charge in [-0.3, -0.25) is 0 Å². The molecule has 130 valence electrons. The molecule has 0 heterocycles. The molecule has 0 aromatic heterocycles. The highest BCUT2D eigenvalue weighted by molar-refractivity contribution is 6.15. The van der Waals surface area contributed by atoms with Gasteiger partial charge >= 0.3 is 0 Å². The molecule has 0 aliphatic heterocycles. The van der Waals surface area contributed by atoms with Crippen LogP contribution in [-0.4, -0.2) is 14.2 Å². The largest absolute Gasteiger partial charge is 0.495 e. The molecule has 4 rings (SSSR count). The fraction of sp³-hybridized carbons (Fsp3) is 0.0909. The first-order chi connectivity index (χ1) is 12.7. The summed E-state index contributed by atoms with van der Waals surface area (Å²) in [6, 6.07) is 20.1. The van der Waals surface area contributed by atoms with Crippen molar-refractivity contribution in [1.29, 1.82) is 0 Å². The van der Waals surface area contributed by atoms with Gasteiger partial charge in [0.05, 0.1) is 25.6 Å². The number of fused-ring (bicyclic) bond motifs is 2. The summed E-state index contributed by atoms with van der Waals surface area (Å²) in [6.45, 7) is 0. The third-order valence-corrected chi connectivity index (χ3v) is 4.79. The second-order valence-electron chi connectivity index (χ2n) is 6.18. The molecule has 0 bridgehead atoms. The van der Waals surface area contributed by atoms with E-state index >= 15 is 0 Å². The lowest BCUT2D eigenvalue weighted by molar-refractivity contribution is 0.417. The predicted octanol–water partition coefficient (Wildman–Crippen LogP) is 4.84. The third kappa shape index (κ3) is 2.30. The Labute approximate surface area is 151 Å². The fourth-order valence-corrected chi connectivity index (χ4v) is 3.55. The van der Waals surface area contributed by atoms with Crippen LogP contribution in [0.25, 0.3) is 32.7 Å². The van der Waals surface area contributed by atoms with Crippen molar-refractivity contribution in [3.05, 3.63) is 60.7 Å². The first-order valence-electron chi connectivity index (χ1n) is 8.36. The average Bonchev–Trinajstić information content (AvgIpc) is 2.68. The number of nitrogens with two attached hydrogens (primary N) is 2. The Morgan fingerprint density at radius 2 is 1.00 bits per heavy atom. The minimum absolute atomic E-state index is 0.566. The maximum atomic E-state index is 6.52. The van der Waals surface area contributed by atoms with Crippen LogP contribution in [0.3, 0.4) is 0 Å². The summed E-state index contributed by atoms with van der Waals surface area (Å²) < 4.78 is 11.1. The van der Waals surface area contributed by atoms with E-state index in [4.69, 9.17) is 20.9 Å². The summed E-state index contributed by atoms with van der Waals surface area (Å²) in [5.74, 6) is 1.26. The van der Waals surface area contributed by atoms with Crippen molar-refractivity contribution in [2.45, 2.75) is 0 Å². The van der Waals surface area contributed by atoms with E-state index in [2.05, 4.69) is 0 Å². The molecule has 0 atom stereocenters. The molecule has 0 aliphatic carbocycles. The average molecular weight is 344 g/mol. The van der Waals surface area contributed by atoms with Crippen molar-refractivity contribution >= 4 is 32.9 Å². The molecule has 0 saturated heterocycles. The summed E-state index contributed by atoms with van der Waals surface area (Å²) in [5, 5.41) is 4.13. The van der Waals surface area contributed by atoms with Crippen LogP contribution in [0.15, 0.2) is 60.7 Å². The number of benzene rings is 4. The normalized spacial score (nSPS) is 11.0. The third-order valence-electron chi connectivity index (χ3n) is 4.79. The summed E-state index contributed by atoms with van der Waals surface area (Å²) in [7, 11) is 3.24. The molecule has 4 heteroatoms. The second kappa shape index (κ2) is 6.15. The Balaban J connectivity index is 2.24. The van der Waals surface area contributed by atoms with Crippen molar-refractivity contribution < 1.29 is 9.47 Å². The van der Waals surface area contributed by atoms with E-state index < -0.39 is 0 Å². The van der Waals surface area contributed by atoms with Crippen LogP contribution in [-0.2, 0) is 0 Å². The molecule has 4 N–H and O–H groups in total. The van der Waals surface area contributed by atoms with Crippen LogP contribution in [0.4, 0.5) is 11.4 Å². The van der Waals surface area contributed by atoms with Gasteiger partial charge in [0.2, 0.25) is 0 Å². The highest BCUT2D eigenvalue weighted by atomic mass is 16.5. The van der Waals surface area contributed by atoms with Crippen LogP contribution < -0.4 is 20.9 Å². The minimum Gasteiger partial charge on any atom is -0.495 e. The first kappa shape index (κ1) is 16.1. The van der Waals surface area contributed by atoms with Crippen LogP contribution in [0, 0.1) is 0 Å². The SMILES string of the molecule is COc1cc2ccccc2c(-c2c(N)c(OC)cc3ccccc23)c1N. The van der Waals surface area contributed by atoms with Crippen molar-refractivity contribution in [3.8, 4) is 22.6 Å². The molecule has 26 heavy (non-hydrogen) atoms. The number of anilines is 2. The molecular formula is C22H20N2O2. The summed E-state index contributed by atoms with van der Waals surface area (Å²) in [5.41, 5.74) is 15.9. The molecule has 4 aromatic rings. The van der Waals surface area contributed by atoms with E-state index in [1.165, 1.54) is 0 Å². The summed E-state index contributed by atoms with van der Waals surface area (Å²) >= 11 is 0. The number of methoxy groups -OCH3 is 2. The number of hydrogen-bond acceptors (Lipinski definition) is 4. The van der Waals surface area contributed by atoms with Gasteiger partial charge in [0, 0.05) is 11.1 Å². The van der Waals surface area contributed by atoms with Gasteiger partial charge in [0.1, 0.15) is 11.5 Å². The molecule has 0 spiro atoms. The topological polar surface area (TPSA) is 70.5 Å². The van der Waals surface area contributed by atoms with Crippen molar-refractivity contribution in [2.24, 2.45) is 0 Å². The number of rotatable bonds is 3. The number of ether oxygens (including phenoxy) is 2. The molecule has 0 radical (unpaired) electrons. The van der Waals surface area contributed by atoms with Gasteiger partial charge < -0.3 is 20.9 Å². The quantitative estimate of drug-likeness (QED) is 0.522. The van der Waals surface area contributed by atoms with Crippen LogP contribution in [0.2, 0.25) is 0 Å². The van der Waals surface area contributed by atoms with Crippen molar-refractivity contribution in [3.63, 3.8) is 0 Å². The minimum atomic E-state index is 0.566. The van der Waals surface area contributed by atoms with Gasteiger partial charge in [-0.05, 0) is 33.7 Å². The van der Waals surface area contributed by atoms with E-state index in [1.807, 2.05) is 60.7 Å². The Kier molecular flexibility index (Phi) is 3.81. The highest BCUT2D eigenvalue weighted by Crippen LogP contribution is 2.47. The van der Waals surface area contributed by atoms with E-state index in [1.54, 1.807) is 14.2 Å². The Morgan fingerprint density at radius 3 is 1.38 bits per heavy atom. The van der Waals surface area contributed by atoms with Crippen molar-refractivity contribution in [2.75, 3.05) is 25.7 Å². The predicted molar refractivity (Wildman–Crippen MR) is 109 cm³/mol. The van der Waals surface area contributed by atoms with Gasteiger partial charge in [-0.25, -0.2) is 0 Å². The van der Waals surface area contributed by atoms with E-state index in [-0.39, 0.29) is 0 Å². The number of nitrogen functional groups attached to an aromatic ring is 2. The second-order valence-corrected chi connectivity index (χ2v) is 6.18. The molecule has 0 unspecified atom stereocenters. The van der Waals surface area contributed by atoms with Gasteiger partial charge in [-0.2, -0.15) is 0 Å². The van der Waals surface area contributed by atoms with Gasteiger partial charge in [-0.1, -0.05) is 48.5 Å². The molecule has 0 fully saturated rings. The summed E-state index contributed by atoms with van der Waals surface area (Å²) in [4.78, 5) is 0. The van der Waals surface area contributed by atoms with Gasteiger partial charge in [0.15, 0.2) is 0 Å². The fourth-order valence-electron chi connectivity index (χ4n) is 3.55. The molecule has 4 nitrogen and oxygen atoms in total.